The van der Waals surface area contributed by atoms with E-state index in [1.807, 2.05) is 0 Å². The molecule has 2 heterocycles. The summed E-state index contributed by atoms with van der Waals surface area (Å²) in [4.78, 5) is 1.54. The van der Waals surface area contributed by atoms with Gasteiger partial charge in [0.25, 0.3) is 15.6 Å². The zero-order chi connectivity index (χ0) is 25.5. The molecule has 0 spiro atoms. The molecule has 0 aliphatic carbocycles. The predicted octanol–water partition coefficient (Wildman–Crippen LogP) is 2.34. The smallest absolute Gasteiger partial charge is 0.374 e. The van der Waals surface area contributed by atoms with E-state index in [1.54, 1.807) is 4.90 Å². The number of nitrogens with zero attached hydrogens (tertiary/aromatic N) is 4. The fraction of sp³-hybridized carbons (Fsp3) is 0.444. The highest BCUT2D eigenvalue weighted by molar-refractivity contribution is 7.91. The molecule has 0 bridgehead atoms. The van der Waals surface area contributed by atoms with Crippen LogP contribution in [0.25, 0.3) is 0 Å². The topological polar surface area (TPSA) is 113 Å². The van der Waals surface area contributed by atoms with Crippen molar-refractivity contribution in [2.75, 3.05) is 30.3 Å². The molecule has 1 fully saturated rings. The Balaban J connectivity index is 1.90. The Morgan fingerprint density at radius 1 is 1.09 bits per heavy atom. The van der Waals surface area contributed by atoms with Crippen molar-refractivity contribution >= 4 is 32.2 Å². The molecule has 1 atom stereocenters. The van der Waals surface area contributed by atoms with Gasteiger partial charge in [0.15, 0.2) is 0 Å². The molecule has 1 saturated heterocycles. The molecular weight excluding hydrogens is 512 g/mol. The number of nitrogens with two attached hydrogens (primary N) is 1. The average molecular weight is 529 g/mol. The van der Waals surface area contributed by atoms with Crippen molar-refractivity contribution in [1.29, 1.82) is 0 Å². The van der Waals surface area contributed by atoms with Gasteiger partial charge in [-0.15, -0.1) is 16.1 Å². The summed E-state index contributed by atoms with van der Waals surface area (Å²) in [5, 5.41) is 16.5. The molecule has 16 heteroatoms. The normalized spacial score (nSPS) is 18.5. The summed E-state index contributed by atoms with van der Waals surface area (Å²) in [5.74, 6) is 5.42. The van der Waals surface area contributed by atoms with Crippen molar-refractivity contribution in [3.05, 3.63) is 29.8 Å². The predicted molar refractivity (Wildman–Crippen MR) is 110 cm³/mol. The van der Waals surface area contributed by atoms with Crippen molar-refractivity contribution in [2.24, 2.45) is 0 Å². The highest BCUT2D eigenvalue weighted by Crippen LogP contribution is 2.50. The molecule has 0 unspecified atom stereocenters. The SMILES string of the molecule is CC#C[C@@H]1CN(S(=O)(=O)c2nnc(N)s2)CCN1c1ccc(C(O)(C(F)(F)F)C(F)(F)F)cc1. The quantitative estimate of drug-likeness (QED) is 0.462. The maximum absolute atomic E-state index is 13.1. The second-order valence-corrected chi connectivity index (χ2v) is 10.2. The van der Waals surface area contributed by atoms with Crippen molar-refractivity contribution in [2.45, 2.75) is 35.3 Å². The molecule has 0 radical (unpaired) electrons. The summed E-state index contributed by atoms with van der Waals surface area (Å²) in [5.41, 5.74) is -0.801. The van der Waals surface area contributed by atoms with E-state index in [4.69, 9.17) is 5.73 Å². The van der Waals surface area contributed by atoms with Gasteiger partial charge in [-0.25, -0.2) is 8.42 Å². The number of anilines is 2. The van der Waals surface area contributed by atoms with Crippen LogP contribution < -0.4 is 10.6 Å². The third-order valence-corrected chi connectivity index (χ3v) is 8.04. The van der Waals surface area contributed by atoms with Crippen LogP contribution in [0.1, 0.15) is 12.5 Å². The number of aromatic nitrogens is 2. The minimum atomic E-state index is -6.00. The summed E-state index contributed by atoms with van der Waals surface area (Å²) in [6.07, 6.45) is -12.0. The van der Waals surface area contributed by atoms with Gasteiger partial charge in [0.05, 0.1) is 0 Å². The Bertz CT molecular complexity index is 1190. The number of benzene rings is 1. The van der Waals surface area contributed by atoms with Gasteiger partial charge in [0.2, 0.25) is 9.47 Å². The summed E-state index contributed by atoms with van der Waals surface area (Å²) < 4.78 is 105. The molecular formula is C18H17F6N5O3S2. The maximum Gasteiger partial charge on any atom is 0.430 e. The van der Waals surface area contributed by atoms with E-state index in [2.05, 4.69) is 22.0 Å². The number of rotatable bonds is 4. The zero-order valence-corrected chi connectivity index (χ0v) is 18.9. The Hall–Kier alpha value is -2.61. The van der Waals surface area contributed by atoms with E-state index < -0.39 is 39.6 Å². The molecule has 1 aliphatic rings. The van der Waals surface area contributed by atoms with E-state index in [1.165, 1.54) is 6.92 Å². The first-order valence-electron chi connectivity index (χ1n) is 9.37. The van der Waals surface area contributed by atoms with Gasteiger partial charge in [0, 0.05) is 30.9 Å². The molecule has 1 aromatic carbocycles. The van der Waals surface area contributed by atoms with Gasteiger partial charge in [-0.1, -0.05) is 29.4 Å². The number of aliphatic hydroxyl groups is 1. The first-order valence-corrected chi connectivity index (χ1v) is 11.6. The molecule has 0 saturated carbocycles. The van der Waals surface area contributed by atoms with Crippen LogP contribution in [0.5, 0.6) is 0 Å². The molecule has 0 amide bonds. The Labute approximate surface area is 194 Å². The molecule has 1 aliphatic heterocycles. The summed E-state index contributed by atoms with van der Waals surface area (Å²) in [7, 11) is -4.04. The van der Waals surface area contributed by atoms with Crippen LogP contribution in [0.4, 0.5) is 37.2 Å². The van der Waals surface area contributed by atoms with Crippen molar-refractivity contribution in [1.82, 2.24) is 14.5 Å². The Morgan fingerprint density at radius 2 is 1.68 bits per heavy atom. The Morgan fingerprint density at radius 3 is 2.15 bits per heavy atom. The highest BCUT2D eigenvalue weighted by atomic mass is 32.2. The average Bonchev–Trinajstić information content (AvgIpc) is 3.19. The van der Waals surface area contributed by atoms with Gasteiger partial charge < -0.3 is 15.7 Å². The maximum atomic E-state index is 13.1. The van der Waals surface area contributed by atoms with E-state index in [-0.39, 0.29) is 34.8 Å². The first kappa shape index (κ1) is 26.0. The summed E-state index contributed by atoms with van der Waals surface area (Å²) in [6.45, 7) is 1.29. The molecule has 8 nitrogen and oxygen atoms in total. The lowest BCUT2D eigenvalue weighted by Crippen LogP contribution is -2.54. The summed E-state index contributed by atoms with van der Waals surface area (Å²) in [6, 6.07) is 2.25. The van der Waals surface area contributed by atoms with E-state index >= 15 is 0 Å². The molecule has 1 aromatic heterocycles. The number of nitrogen functional groups attached to an aromatic ring is 1. The van der Waals surface area contributed by atoms with Gasteiger partial charge >= 0.3 is 12.4 Å². The fourth-order valence-corrected chi connectivity index (χ4v) is 5.75. The molecule has 34 heavy (non-hydrogen) atoms. The molecule has 3 rings (SSSR count). The van der Waals surface area contributed by atoms with Crippen LogP contribution in [-0.4, -0.2) is 66.1 Å². The number of hydrogen-bond acceptors (Lipinski definition) is 8. The lowest BCUT2D eigenvalue weighted by atomic mass is 9.92. The van der Waals surface area contributed by atoms with Crippen molar-refractivity contribution in [3.63, 3.8) is 0 Å². The van der Waals surface area contributed by atoms with Crippen LogP contribution in [0, 0.1) is 11.8 Å². The zero-order valence-electron chi connectivity index (χ0n) is 17.2. The number of hydrogen-bond donors (Lipinski definition) is 2. The third-order valence-electron chi connectivity index (χ3n) is 5.07. The number of alkyl halides is 6. The van der Waals surface area contributed by atoms with E-state index in [9.17, 15) is 39.9 Å². The molecule has 186 valence electrons. The highest BCUT2D eigenvalue weighted by Gasteiger charge is 2.71. The number of sulfonamides is 1. The van der Waals surface area contributed by atoms with Crippen LogP contribution in [0.3, 0.4) is 0 Å². The van der Waals surface area contributed by atoms with Gasteiger partial charge in [-0.05, 0) is 19.1 Å². The molecule has 3 N–H and O–H groups in total. The number of piperazine rings is 1. The lowest BCUT2D eigenvalue weighted by Gasteiger charge is -2.39. The van der Waals surface area contributed by atoms with Crippen LogP contribution in [0.2, 0.25) is 0 Å². The largest absolute Gasteiger partial charge is 0.430 e. The number of halogens is 6. The van der Waals surface area contributed by atoms with Crippen molar-refractivity contribution < 1.29 is 39.9 Å². The summed E-state index contributed by atoms with van der Waals surface area (Å²) >= 11 is 0.677. The minimum absolute atomic E-state index is 0.0228. The van der Waals surface area contributed by atoms with Gasteiger partial charge in [-0.2, -0.15) is 30.6 Å². The second-order valence-electron chi connectivity index (χ2n) is 7.13. The fourth-order valence-electron chi connectivity index (χ4n) is 3.39. The van der Waals surface area contributed by atoms with E-state index in [0.717, 1.165) is 16.4 Å². The van der Waals surface area contributed by atoms with E-state index in [0.29, 0.717) is 23.5 Å². The Kier molecular flexibility index (Phi) is 6.79. The van der Waals surface area contributed by atoms with Crippen LogP contribution >= 0.6 is 11.3 Å². The third kappa shape index (κ3) is 4.52. The molecule has 2 aromatic rings. The van der Waals surface area contributed by atoms with Crippen LogP contribution in [0.15, 0.2) is 28.6 Å². The first-order chi connectivity index (χ1) is 15.6. The minimum Gasteiger partial charge on any atom is -0.374 e. The standard InChI is InChI=1S/C18H17F6N5O3S2/c1-2-3-13-10-28(34(31,32)15-27-26-14(25)33-15)8-9-29(13)12-6-4-11(5-7-12)16(30,17(19,20)21)18(22,23)24/h4-7,13,30H,8-10H2,1H3,(H2,25,26)/t13-/m1/s1. The van der Waals surface area contributed by atoms with Gasteiger partial charge in [-0.3, -0.25) is 0 Å². The monoisotopic (exact) mass is 529 g/mol. The second kappa shape index (κ2) is 8.87. The van der Waals surface area contributed by atoms with Gasteiger partial charge in [0.1, 0.15) is 6.04 Å². The van der Waals surface area contributed by atoms with Crippen molar-refractivity contribution in [3.8, 4) is 11.8 Å². The lowest BCUT2D eigenvalue weighted by molar-refractivity contribution is -0.376. The van der Waals surface area contributed by atoms with Crippen LogP contribution in [-0.2, 0) is 15.6 Å².